The van der Waals surface area contributed by atoms with E-state index in [9.17, 15) is 9.59 Å². The van der Waals surface area contributed by atoms with E-state index in [4.69, 9.17) is 4.74 Å². The first-order valence-corrected chi connectivity index (χ1v) is 9.13. The van der Waals surface area contributed by atoms with Gasteiger partial charge in [0.1, 0.15) is 5.60 Å². The van der Waals surface area contributed by atoms with Crippen molar-refractivity contribution in [2.75, 3.05) is 57.3 Å². The second-order valence-electron chi connectivity index (χ2n) is 7.16. The van der Waals surface area contributed by atoms with E-state index >= 15 is 0 Å². The maximum atomic E-state index is 12.7. The Morgan fingerprint density at radius 1 is 1.19 bits per heavy atom. The minimum absolute atomic E-state index is 0.108. The molecule has 0 aromatic carbocycles. The topological polar surface area (TPSA) is 90.9 Å². The largest absolute Gasteiger partial charge is 0.439 e. The molecule has 1 aromatic rings. The highest BCUT2D eigenvalue weighted by Crippen LogP contribution is 2.28. The fraction of sp³-hybridized carbons (Fsp3) is 0.647. The van der Waals surface area contributed by atoms with Gasteiger partial charge in [0, 0.05) is 45.1 Å². The second kappa shape index (κ2) is 7.06. The molecule has 3 saturated heterocycles. The van der Waals surface area contributed by atoms with Crippen LogP contribution in [0.5, 0.6) is 0 Å². The van der Waals surface area contributed by atoms with Gasteiger partial charge in [0.05, 0.1) is 19.6 Å². The molecule has 0 saturated carbocycles. The standard InChI is InChI=1S/C17H24N6O3/c24-14(23-6-1-3-17(13-23)12-20-16(25)26-17)11-21-7-9-22(10-8-21)15-18-4-2-5-19-15/h2,4-5H,1,3,6-13H2,(H,20,25)/t17-/m0/s1. The first-order chi connectivity index (χ1) is 12.6. The van der Waals surface area contributed by atoms with Crippen LogP contribution in [-0.2, 0) is 9.53 Å². The summed E-state index contributed by atoms with van der Waals surface area (Å²) < 4.78 is 5.45. The lowest BCUT2D eigenvalue weighted by Crippen LogP contribution is -2.55. The van der Waals surface area contributed by atoms with Crippen molar-refractivity contribution in [1.82, 2.24) is 25.1 Å². The van der Waals surface area contributed by atoms with Crippen LogP contribution in [0.25, 0.3) is 0 Å². The fourth-order valence-corrected chi connectivity index (χ4v) is 3.89. The lowest BCUT2D eigenvalue weighted by molar-refractivity contribution is -0.138. The third kappa shape index (κ3) is 3.57. The van der Waals surface area contributed by atoms with Gasteiger partial charge in [-0.1, -0.05) is 0 Å². The number of nitrogens with zero attached hydrogens (tertiary/aromatic N) is 5. The molecule has 1 N–H and O–H groups in total. The van der Waals surface area contributed by atoms with Gasteiger partial charge in [0.25, 0.3) is 0 Å². The van der Waals surface area contributed by atoms with Gasteiger partial charge in [-0.25, -0.2) is 14.8 Å². The van der Waals surface area contributed by atoms with Crippen LogP contribution in [0.1, 0.15) is 12.8 Å². The average Bonchev–Trinajstić information content (AvgIpc) is 3.03. The normalized spacial score (nSPS) is 26.7. The predicted octanol–water partition coefficient (Wildman–Crippen LogP) is -0.300. The van der Waals surface area contributed by atoms with Crippen molar-refractivity contribution in [2.24, 2.45) is 0 Å². The smallest absolute Gasteiger partial charge is 0.407 e. The van der Waals surface area contributed by atoms with E-state index in [0.717, 1.165) is 51.5 Å². The van der Waals surface area contributed by atoms with Crippen LogP contribution < -0.4 is 10.2 Å². The highest BCUT2D eigenvalue weighted by molar-refractivity contribution is 5.79. The minimum atomic E-state index is -0.533. The molecule has 0 bridgehead atoms. The van der Waals surface area contributed by atoms with Crippen molar-refractivity contribution in [3.63, 3.8) is 0 Å². The quantitative estimate of drug-likeness (QED) is 0.791. The summed E-state index contributed by atoms with van der Waals surface area (Å²) in [6.07, 6.45) is 4.79. The molecule has 3 aliphatic rings. The summed E-state index contributed by atoms with van der Waals surface area (Å²) in [5.41, 5.74) is -0.533. The summed E-state index contributed by atoms with van der Waals surface area (Å²) in [5, 5.41) is 2.71. The summed E-state index contributed by atoms with van der Waals surface area (Å²) in [6, 6.07) is 1.81. The van der Waals surface area contributed by atoms with E-state index < -0.39 is 5.60 Å². The number of likely N-dealkylation sites (tertiary alicyclic amines) is 1. The number of hydrogen-bond acceptors (Lipinski definition) is 7. The maximum Gasteiger partial charge on any atom is 0.407 e. The van der Waals surface area contributed by atoms with Crippen LogP contribution in [-0.4, -0.2) is 89.7 Å². The number of anilines is 1. The number of amides is 2. The molecule has 1 spiro atoms. The monoisotopic (exact) mass is 360 g/mol. The SMILES string of the molecule is O=C1NC[C@]2(CCCN(C(=O)CN3CCN(c4ncccn4)CC3)C2)O1. The van der Waals surface area contributed by atoms with Gasteiger partial charge in [-0.05, 0) is 18.9 Å². The minimum Gasteiger partial charge on any atom is -0.439 e. The Morgan fingerprint density at radius 2 is 1.96 bits per heavy atom. The van der Waals surface area contributed by atoms with Crippen molar-refractivity contribution in [1.29, 1.82) is 0 Å². The molecule has 0 radical (unpaired) electrons. The van der Waals surface area contributed by atoms with Crippen LogP contribution in [0.4, 0.5) is 10.7 Å². The second-order valence-corrected chi connectivity index (χ2v) is 7.16. The lowest BCUT2D eigenvalue weighted by atomic mass is 9.93. The van der Waals surface area contributed by atoms with Crippen molar-refractivity contribution in [3.8, 4) is 0 Å². The zero-order chi connectivity index (χ0) is 18.0. The first kappa shape index (κ1) is 17.0. The number of hydrogen-bond donors (Lipinski definition) is 1. The predicted molar refractivity (Wildman–Crippen MR) is 93.7 cm³/mol. The highest BCUT2D eigenvalue weighted by Gasteiger charge is 2.44. The molecule has 9 nitrogen and oxygen atoms in total. The summed E-state index contributed by atoms with van der Waals surface area (Å²) in [6.45, 7) is 5.34. The highest BCUT2D eigenvalue weighted by atomic mass is 16.6. The molecular weight excluding hydrogens is 336 g/mol. The lowest BCUT2D eigenvalue weighted by Gasteiger charge is -2.40. The molecule has 0 aliphatic carbocycles. The van der Waals surface area contributed by atoms with E-state index in [1.165, 1.54) is 0 Å². The van der Waals surface area contributed by atoms with Gasteiger partial charge in [-0.3, -0.25) is 9.69 Å². The summed E-state index contributed by atoms with van der Waals surface area (Å²) in [4.78, 5) is 38.8. The van der Waals surface area contributed by atoms with Crippen LogP contribution in [0, 0.1) is 0 Å². The number of alkyl carbamates (subject to hydrolysis) is 1. The van der Waals surface area contributed by atoms with Crippen LogP contribution in [0.3, 0.4) is 0 Å². The molecule has 4 rings (SSSR count). The van der Waals surface area contributed by atoms with Gasteiger partial charge < -0.3 is 19.9 Å². The van der Waals surface area contributed by atoms with Crippen molar-refractivity contribution in [3.05, 3.63) is 18.5 Å². The molecule has 1 aromatic heterocycles. The Hall–Kier alpha value is -2.42. The van der Waals surface area contributed by atoms with Crippen LogP contribution in [0.2, 0.25) is 0 Å². The fourth-order valence-electron chi connectivity index (χ4n) is 3.89. The number of piperazine rings is 1. The number of aromatic nitrogens is 2. The molecule has 9 heteroatoms. The number of piperidine rings is 1. The Bertz CT molecular complexity index is 664. The third-order valence-electron chi connectivity index (χ3n) is 5.32. The number of nitrogens with one attached hydrogen (secondary N) is 1. The molecule has 3 aliphatic heterocycles. The number of carbonyl (C=O) groups is 2. The van der Waals surface area contributed by atoms with E-state index in [2.05, 4.69) is 25.1 Å². The third-order valence-corrected chi connectivity index (χ3v) is 5.32. The number of ether oxygens (including phenoxy) is 1. The van der Waals surface area contributed by atoms with E-state index in [0.29, 0.717) is 19.6 Å². The van der Waals surface area contributed by atoms with E-state index in [-0.39, 0.29) is 12.0 Å². The number of rotatable bonds is 3. The molecule has 2 amide bonds. The molecule has 26 heavy (non-hydrogen) atoms. The molecule has 3 fully saturated rings. The van der Waals surface area contributed by atoms with Crippen molar-refractivity contribution >= 4 is 17.9 Å². The Kier molecular flexibility index (Phi) is 4.62. The summed E-state index contributed by atoms with van der Waals surface area (Å²) >= 11 is 0. The van der Waals surface area contributed by atoms with Gasteiger partial charge in [-0.15, -0.1) is 0 Å². The Labute approximate surface area is 152 Å². The summed E-state index contributed by atoms with van der Waals surface area (Å²) in [7, 11) is 0. The van der Waals surface area contributed by atoms with E-state index in [1.807, 2.05) is 4.90 Å². The van der Waals surface area contributed by atoms with Gasteiger partial charge in [-0.2, -0.15) is 0 Å². The van der Waals surface area contributed by atoms with E-state index in [1.54, 1.807) is 18.5 Å². The van der Waals surface area contributed by atoms with Gasteiger partial charge in [0.2, 0.25) is 11.9 Å². The zero-order valence-corrected chi connectivity index (χ0v) is 14.8. The van der Waals surface area contributed by atoms with Crippen molar-refractivity contribution < 1.29 is 14.3 Å². The molecule has 1 atom stereocenters. The summed E-state index contributed by atoms with van der Waals surface area (Å²) in [5.74, 6) is 0.850. The van der Waals surface area contributed by atoms with Gasteiger partial charge >= 0.3 is 6.09 Å². The zero-order valence-electron chi connectivity index (χ0n) is 14.8. The number of carbonyl (C=O) groups excluding carboxylic acids is 2. The van der Waals surface area contributed by atoms with Gasteiger partial charge in [0.15, 0.2) is 0 Å². The first-order valence-electron chi connectivity index (χ1n) is 9.13. The molecule has 140 valence electrons. The molecular formula is C17H24N6O3. The van der Waals surface area contributed by atoms with Crippen LogP contribution in [0.15, 0.2) is 18.5 Å². The molecule has 0 unspecified atom stereocenters. The van der Waals surface area contributed by atoms with Crippen molar-refractivity contribution in [2.45, 2.75) is 18.4 Å². The Morgan fingerprint density at radius 3 is 2.65 bits per heavy atom. The van der Waals surface area contributed by atoms with Crippen LogP contribution >= 0.6 is 0 Å². The molecule has 4 heterocycles. The Balaban J connectivity index is 1.28. The average molecular weight is 360 g/mol. The maximum absolute atomic E-state index is 12.7.